The van der Waals surface area contributed by atoms with E-state index in [-0.39, 0.29) is 63.3 Å². The van der Waals surface area contributed by atoms with E-state index in [2.05, 4.69) is 49.0 Å². The number of carbonyl (C=O) groups excluding carboxylic acids is 2. The number of piperidine rings is 1. The first-order valence-electron chi connectivity index (χ1n) is 26.1. The van der Waals surface area contributed by atoms with Gasteiger partial charge in [-0.05, 0) is 104 Å². The second kappa shape index (κ2) is 20.2. The number of piperazine rings is 1. The molecule has 3 saturated heterocycles. The molecule has 0 spiro atoms. The molecule has 1 saturated carbocycles. The number of likely N-dealkylation sites (tertiary alicyclic amines) is 1. The van der Waals surface area contributed by atoms with Gasteiger partial charge in [0, 0.05) is 99.0 Å². The molecule has 5 aliphatic rings. The Kier molecular flexibility index (Phi) is 13.4. The van der Waals surface area contributed by atoms with Crippen LogP contribution in [0.3, 0.4) is 0 Å². The number of anilines is 1. The fourth-order valence-electron chi connectivity index (χ4n) is 11.5. The molecule has 0 bridgehead atoms. The highest BCUT2D eigenvalue weighted by Gasteiger charge is 2.46. The predicted molar refractivity (Wildman–Crippen MR) is 280 cm³/mol. The molecule has 15 heteroatoms. The molecule has 3 N–H and O–H groups in total. The van der Waals surface area contributed by atoms with E-state index in [1.54, 1.807) is 17.2 Å². The van der Waals surface area contributed by atoms with Gasteiger partial charge in [0.05, 0.1) is 24.2 Å². The SMILES string of the molecule is C#Cc1cccc2cccc(-c3ncc4c(N5CCCCNC5)nc(OCC5(CN6CCN(C(=O)C7CCN(Cc8ccc9c(c8)CN(C(=O)c8cc(C(C)C)c(O)cc8O)C9)CC7)CC6)CC5)nc4c3F)c12. The number of halogens is 1. The number of amides is 2. The van der Waals surface area contributed by atoms with Gasteiger partial charge >= 0.3 is 6.01 Å². The van der Waals surface area contributed by atoms with Crippen molar-refractivity contribution >= 4 is 39.3 Å². The van der Waals surface area contributed by atoms with Gasteiger partial charge < -0.3 is 29.6 Å². The summed E-state index contributed by atoms with van der Waals surface area (Å²) in [6, 6.07) is 20.9. The van der Waals surface area contributed by atoms with Gasteiger partial charge in [0.15, 0.2) is 5.82 Å². The summed E-state index contributed by atoms with van der Waals surface area (Å²) in [5.74, 6) is 2.63. The molecule has 0 unspecified atom stereocenters. The van der Waals surface area contributed by atoms with Crippen molar-refractivity contribution in [3.63, 3.8) is 0 Å². The summed E-state index contributed by atoms with van der Waals surface area (Å²) in [6.07, 6.45) is 13.3. The van der Waals surface area contributed by atoms with Crippen LogP contribution in [0.5, 0.6) is 17.5 Å². The molecule has 73 heavy (non-hydrogen) atoms. The van der Waals surface area contributed by atoms with Gasteiger partial charge in [0.1, 0.15) is 28.5 Å². The number of hydrogen-bond donors (Lipinski definition) is 3. The molecule has 0 atom stereocenters. The largest absolute Gasteiger partial charge is 0.508 e. The van der Waals surface area contributed by atoms with E-state index in [0.717, 1.165) is 113 Å². The second-order valence-electron chi connectivity index (χ2n) is 21.3. The summed E-state index contributed by atoms with van der Waals surface area (Å²) in [5, 5.41) is 26.5. The van der Waals surface area contributed by atoms with E-state index in [0.29, 0.717) is 67.3 Å². The first kappa shape index (κ1) is 48.4. The number of nitrogens with one attached hydrogen (secondary N) is 1. The first-order chi connectivity index (χ1) is 35.4. The maximum absolute atomic E-state index is 17.0. The lowest BCUT2D eigenvalue weighted by atomic mass is 9.94. The fraction of sp³-hybridized carbons (Fsp3) is 0.431. The number of terminal acetylenes is 1. The van der Waals surface area contributed by atoms with Crippen molar-refractivity contribution in [3.05, 3.63) is 112 Å². The molecular formula is C58H64FN9O5. The van der Waals surface area contributed by atoms with Crippen LogP contribution in [0.1, 0.15) is 96.5 Å². The summed E-state index contributed by atoms with van der Waals surface area (Å²) in [5.41, 5.74) is 5.78. The van der Waals surface area contributed by atoms with Crippen LogP contribution in [-0.4, -0.2) is 129 Å². The third kappa shape index (κ3) is 9.88. The highest BCUT2D eigenvalue weighted by molar-refractivity contribution is 6.02. The maximum Gasteiger partial charge on any atom is 0.319 e. The molecule has 6 aromatic rings. The Morgan fingerprint density at radius 1 is 0.890 bits per heavy atom. The number of nitrogens with zero attached hydrogens (tertiary/aromatic N) is 8. The van der Waals surface area contributed by atoms with E-state index >= 15 is 4.39 Å². The van der Waals surface area contributed by atoms with Crippen molar-refractivity contribution < 1.29 is 28.9 Å². The van der Waals surface area contributed by atoms with Crippen LogP contribution in [-0.2, 0) is 24.4 Å². The Hall–Kier alpha value is -6.86. The average Bonchev–Trinajstić information content (AvgIpc) is 4.12. The molecule has 11 rings (SSSR count). The number of aromatic nitrogens is 3. The van der Waals surface area contributed by atoms with Crippen LogP contribution < -0.4 is 15.0 Å². The summed E-state index contributed by atoms with van der Waals surface area (Å²) < 4.78 is 23.5. The molecular weight excluding hydrogens is 922 g/mol. The normalized spacial score (nSPS) is 18.5. The van der Waals surface area contributed by atoms with Gasteiger partial charge in [0.25, 0.3) is 5.91 Å². The molecule has 0 radical (unpaired) electrons. The van der Waals surface area contributed by atoms with Gasteiger partial charge in [0.2, 0.25) is 5.91 Å². The Morgan fingerprint density at radius 2 is 1.67 bits per heavy atom. The summed E-state index contributed by atoms with van der Waals surface area (Å²) >= 11 is 0. The molecule has 2 amide bonds. The average molecular weight is 986 g/mol. The number of ether oxygens (including phenoxy) is 1. The molecule has 1 aliphatic carbocycles. The van der Waals surface area contributed by atoms with Crippen LogP contribution >= 0.6 is 0 Å². The minimum absolute atomic E-state index is 0.00428. The van der Waals surface area contributed by atoms with Crippen LogP contribution in [0.15, 0.2) is 72.9 Å². The van der Waals surface area contributed by atoms with Crippen molar-refractivity contribution in [1.82, 2.24) is 39.9 Å². The number of phenolic OH excluding ortho intramolecular Hbond substituents is 2. The Balaban J connectivity index is 0.686. The zero-order valence-electron chi connectivity index (χ0n) is 41.9. The van der Waals surface area contributed by atoms with Crippen molar-refractivity contribution in [3.8, 4) is 41.1 Å². The third-order valence-corrected chi connectivity index (χ3v) is 15.9. The van der Waals surface area contributed by atoms with Gasteiger partial charge in [-0.1, -0.05) is 68.3 Å². The van der Waals surface area contributed by atoms with Crippen molar-refractivity contribution in [1.29, 1.82) is 0 Å². The number of rotatable bonds is 12. The van der Waals surface area contributed by atoms with E-state index < -0.39 is 5.82 Å². The van der Waals surface area contributed by atoms with Crippen LogP contribution in [0, 0.1) is 29.5 Å². The fourth-order valence-corrected chi connectivity index (χ4v) is 11.5. The number of pyridine rings is 1. The number of hydrogen-bond acceptors (Lipinski definition) is 12. The van der Waals surface area contributed by atoms with Gasteiger partial charge in [-0.3, -0.25) is 29.7 Å². The Bertz CT molecular complexity index is 3120. The van der Waals surface area contributed by atoms with Crippen molar-refractivity contribution in [2.75, 3.05) is 77.1 Å². The van der Waals surface area contributed by atoms with Crippen molar-refractivity contribution in [2.45, 2.75) is 77.9 Å². The highest BCUT2D eigenvalue weighted by Crippen LogP contribution is 2.47. The van der Waals surface area contributed by atoms with Crippen LogP contribution in [0.25, 0.3) is 32.9 Å². The summed E-state index contributed by atoms with van der Waals surface area (Å²) in [7, 11) is 0. The summed E-state index contributed by atoms with van der Waals surface area (Å²) in [4.78, 5) is 52.7. The van der Waals surface area contributed by atoms with Gasteiger partial charge in [-0.2, -0.15) is 9.97 Å². The lowest BCUT2D eigenvalue weighted by Crippen LogP contribution is -2.52. The quantitative estimate of drug-likeness (QED) is 0.102. The molecule has 6 heterocycles. The molecule has 14 nitrogen and oxygen atoms in total. The topological polar surface area (TPSA) is 151 Å². The Morgan fingerprint density at radius 3 is 2.44 bits per heavy atom. The molecule has 4 aromatic carbocycles. The van der Waals surface area contributed by atoms with E-state index in [1.165, 1.54) is 11.6 Å². The molecule has 378 valence electrons. The Labute approximate surface area is 426 Å². The maximum atomic E-state index is 17.0. The number of benzene rings is 4. The zero-order valence-corrected chi connectivity index (χ0v) is 41.9. The second-order valence-corrected chi connectivity index (χ2v) is 21.3. The third-order valence-electron chi connectivity index (χ3n) is 15.9. The highest BCUT2D eigenvalue weighted by atomic mass is 19.1. The lowest BCUT2D eigenvalue weighted by molar-refractivity contribution is -0.139. The van der Waals surface area contributed by atoms with Gasteiger partial charge in [-0.25, -0.2) is 4.39 Å². The van der Waals surface area contributed by atoms with Crippen LogP contribution in [0.4, 0.5) is 10.2 Å². The predicted octanol–water partition coefficient (Wildman–Crippen LogP) is 8.02. The first-order valence-corrected chi connectivity index (χ1v) is 26.1. The number of aromatic hydroxyl groups is 2. The molecule has 4 aliphatic heterocycles. The molecule has 2 aromatic heterocycles. The van der Waals surface area contributed by atoms with Crippen molar-refractivity contribution in [2.24, 2.45) is 11.3 Å². The van der Waals surface area contributed by atoms with Crippen LogP contribution in [0.2, 0.25) is 0 Å². The monoisotopic (exact) mass is 986 g/mol. The van der Waals surface area contributed by atoms with Gasteiger partial charge in [-0.15, -0.1) is 6.42 Å². The lowest BCUT2D eigenvalue weighted by Gasteiger charge is -2.39. The minimum Gasteiger partial charge on any atom is -0.508 e. The van der Waals surface area contributed by atoms with E-state index in [9.17, 15) is 19.8 Å². The zero-order chi connectivity index (χ0) is 50.4. The number of phenols is 2. The molecule has 4 fully saturated rings. The summed E-state index contributed by atoms with van der Waals surface area (Å²) in [6.45, 7) is 13.8. The smallest absolute Gasteiger partial charge is 0.319 e. The van der Waals surface area contributed by atoms with E-state index in [1.807, 2.05) is 50.2 Å². The number of carbonyl (C=O) groups is 2. The minimum atomic E-state index is -0.539. The van der Waals surface area contributed by atoms with E-state index in [4.69, 9.17) is 26.1 Å². The standard InChI is InChI=1S/C58H64FN9O5/c1-4-39-9-7-10-40-11-8-12-44(50(39)40)52-51(59)53-47(30-61-52)54(67-20-6-5-19-60-36-67)63-57(62-53)73-35-58(17-18-58)34-65-23-25-66(26-24-65)55(71)41-15-21-64(22-16-41)31-38-13-14-42-32-68(33-43(42)27-38)56(72)46-28-45(37(2)3)48(69)29-49(46)70/h1,7-14,27-30,37,41,60,69-70H,5-6,15-26,31-36H2,2-3H3. The number of fused-ring (bicyclic) bond motifs is 3.